The quantitative estimate of drug-likeness (QED) is 0.814. The average Bonchev–Trinajstić information content (AvgIpc) is 2.60. The van der Waals surface area contributed by atoms with Gasteiger partial charge in [0.2, 0.25) is 11.8 Å². The molecule has 2 rings (SSSR count). The van der Waals surface area contributed by atoms with Gasteiger partial charge in [0.1, 0.15) is 0 Å². The van der Waals surface area contributed by atoms with Crippen LogP contribution in [0.5, 0.6) is 0 Å². The second kappa shape index (κ2) is 8.26. The van der Waals surface area contributed by atoms with Crippen LogP contribution >= 0.6 is 0 Å². The van der Waals surface area contributed by atoms with E-state index in [1.54, 1.807) is 6.92 Å². The Kier molecular flexibility index (Phi) is 6.09. The van der Waals surface area contributed by atoms with Crippen molar-refractivity contribution >= 4 is 11.8 Å². The van der Waals surface area contributed by atoms with E-state index in [1.165, 1.54) is 4.90 Å². The summed E-state index contributed by atoms with van der Waals surface area (Å²) in [5, 5.41) is 0. The van der Waals surface area contributed by atoms with Crippen molar-refractivity contribution in [2.75, 3.05) is 6.54 Å². The van der Waals surface area contributed by atoms with Crippen LogP contribution in [-0.2, 0) is 16.1 Å². The molecular formula is C19H23N3O2. The van der Waals surface area contributed by atoms with Gasteiger partial charge in [-0.25, -0.2) is 0 Å². The fourth-order valence-corrected chi connectivity index (χ4v) is 2.61. The minimum Gasteiger partial charge on any atom is -0.368 e. The molecule has 2 aromatic carbocycles. The number of benzene rings is 2. The summed E-state index contributed by atoms with van der Waals surface area (Å²) in [5.41, 5.74) is 13.4. The number of primary amides is 1. The highest BCUT2D eigenvalue weighted by atomic mass is 16.2. The van der Waals surface area contributed by atoms with Crippen molar-refractivity contribution in [1.82, 2.24) is 4.90 Å². The van der Waals surface area contributed by atoms with Gasteiger partial charge in [0.25, 0.3) is 0 Å². The highest BCUT2D eigenvalue weighted by Crippen LogP contribution is 2.22. The summed E-state index contributed by atoms with van der Waals surface area (Å²) in [6.45, 7) is 1.98. The Hall–Kier alpha value is -2.66. The van der Waals surface area contributed by atoms with Crippen LogP contribution in [0.1, 0.15) is 24.1 Å². The van der Waals surface area contributed by atoms with Crippen LogP contribution in [0.2, 0.25) is 0 Å². The minimum absolute atomic E-state index is 0.125. The smallest absolute Gasteiger partial charge is 0.237 e. The van der Waals surface area contributed by atoms with Crippen LogP contribution < -0.4 is 11.5 Å². The van der Waals surface area contributed by atoms with Gasteiger partial charge < -0.3 is 16.4 Å². The Morgan fingerprint density at radius 2 is 1.54 bits per heavy atom. The largest absolute Gasteiger partial charge is 0.368 e. The molecule has 0 radical (unpaired) electrons. The average molecular weight is 325 g/mol. The zero-order valence-electron chi connectivity index (χ0n) is 13.8. The summed E-state index contributed by atoms with van der Waals surface area (Å²) in [6, 6.07) is 18.5. The Bertz CT molecular complexity index is 674. The summed E-state index contributed by atoms with van der Waals surface area (Å²) in [7, 11) is 0. The van der Waals surface area contributed by atoms with Gasteiger partial charge in [-0.15, -0.1) is 0 Å². The zero-order valence-corrected chi connectivity index (χ0v) is 13.8. The van der Waals surface area contributed by atoms with E-state index in [4.69, 9.17) is 11.5 Å². The van der Waals surface area contributed by atoms with Crippen molar-refractivity contribution < 1.29 is 9.59 Å². The maximum Gasteiger partial charge on any atom is 0.237 e. The lowest BCUT2D eigenvalue weighted by Crippen LogP contribution is -2.43. The van der Waals surface area contributed by atoms with Crippen LogP contribution in [0.4, 0.5) is 0 Å². The van der Waals surface area contributed by atoms with Crippen molar-refractivity contribution in [1.29, 1.82) is 0 Å². The molecule has 0 aliphatic carbocycles. The number of amides is 2. The number of rotatable bonds is 7. The van der Waals surface area contributed by atoms with Gasteiger partial charge in [-0.3, -0.25) is 9.59 Å². The van der Waals surface area contributed by atoms with E-state index in [0.29, 0.717) is 6.54 Å². The Labute approximate surface area is 142 Å². The second-order valence-corrected chi connectivity index (χ2v) is 5.87. The highest BCUT2D eigenvalue weighted by Gasteiger charge is 2.27. The standard InChI is InChI=1S/C19H23N3O2/c1-14(18(21)16-10-6-3-7-11-16)19(24)22(13-17(20)23)12-15-8-4-2-5-9-15/h2-11,14,18H,12-13,21H2,1H3,(H2,20,23). The first-order valence-corrected chi connectivity index (χ1v) is 7.90. The molecular weight excluding hydrogens is 302 g/mol. The fraction of sp³-hybridized carbons (Fsp3) is 0.263. The number of carbonyl (C=O) groups excluding carboxylic acids is 2. The minimum atomic E-state index is -0.542. The topological polar surface area (TPSA) is 89.4 Å². The van der Waals surface area contributed by atoms with Gasteiger partial charge in [-0.05, 0) is 11.1 Å². The predicted molar refractivity (Wildman–Crippen MR) is 93.6 cm³/mol. The third kappa shape index (κ3) is 4.67. The predicted octanol–water partition coefficient (Wildman–Crippen LogP) is 1.84. The zero-order chi connectivity index (χ0) is 17.5. The molecule has 0 fully saturated rings. The maximum absolute atomic E-state index is 12.8. The summed E-state index contributed by atoms with van der Waals surface area (Å²) in [4.78, 5) is 25.7. The second-order valence-electron chi connectivity index (χ2n) is 5.87. The summed E-state index contributed by atoms with van der Waals surface area (Å²) in [5.74, 6) is -1.19. The molecule has 5 nitrogen and oxygen atoms in total. The molecule has 0 saturated carbocycles. The first-order chi connectivity index (χ1) is 11.5. The van der Waals surface area contributed by atoms with E-state index in [-0.39, 0.29) is 12.5 Å². The van der Waals surface area contributed by atoms with Gasteiger partial charge in [-0.2, -0.15) is 0 Å². The number of carbonyl (C=O) groups is 2. The number of nitrogens with two attached hydrogens (primary N) is 2. The van der Waals surface area contributed by atoms with Gasteiger partial charge >= 0.3 is 0 Å². The molecule has 0 heterocycles. The van der Waals surface area contributed by atoms with Gasteiger partial charge in [0.05, 0.1) is 12.5 Å². The van der Waals surface area contributed by atoms with Crippen LogP contribution in [0, 0.1) is 5.92 Å². The Morgan fingerprint density at radius 3 is 2.08 bits per heavy atom. The van der Waals surface area contributed by atoms with Crippen LogP contribution in [0.15, 0.2) is 60.7 Å². The lowest BCUT2D eigenvalue weighted by Gasteiger charge is -2.28. The molecule has 0 aromatic heterocycles. The van der Waals surface area contributed by atoms with Crippen LogP contribution in [0.3, 0.4) is 0 Å². The SMILES string of the molecule is CC(C(=O)N(CC(N)=O)Cc1ccccc1)C(N)c1ccccc1. The molecule has 2 atom stereocenters. The van der Waals surface area contributed by atoms with E-state index in [1.807, 2.05) is 60.7 Å². The first-order valence-electron chi connectivity index (χ1n) is 7.90. The number of nitrogens with zero attached hydrogens (tertiary/aromatic N) is 1. The molecule has 0 spiro atoms. The lowest BCUT2D eigenvalue weighted by molar-refractivity contribution is -0.139. The van der Waals surface area contributed by atoms with E-state index >= 15 is 0 Å². The fourth-order valence-electron chi connectivity index (χ4n) is 2.61. The van der Waals surface area contributed by atoms with Crippen molar-refractivity contribution in [2.45, 2.75) is 19.5 Å². The lowest BCUT2D eigenvalue weighted by atomic mass is 9.94. The molecule has 0 aliphatic rings. The molecule has 0 saturated heterocycles. The van der Waals surface area contributed by atoms with E-state index in [0.717, 1.165) is 11.1 Å². The summed E-state index contributed by atoms with van der Waals surface area (Å²) in [6.07, 6.45) is 0. The molecule has 2 amide bonds. The summed E-state index contributed by atoms with van der Waals surface area (Å²) >= 11 is 0. The summed E-state index contributed by atoms with van der Waals surface area (Å²) < 4.78 is 0. The Morgan fingerprint density at radius 1 is 1.00 bits per heavy atom. The van der Waals surface area contributed by atoms with E-state index in [2.05, 4.69) is 0 Å². The van der Waals surface area contributed by atoms with Crippen molar-refractivity contribution in [2.24, 2.45) is 17.4 Å². The maximum atomic E-state index is 12.8. The van der Waals surface area contributed by atoms with Crippen LogP contribution in [0.25, 0.3) is 0 Å². The number of hydrogen-bond donors (Lipinski definition) is 2. The van der Waals surface area contributed by atoms with Gasteiger partial charge in [0.15, 0.2) is 0 Å². The highest BCUT2D eigenvalue weighted by molar-refractivity contribution is 5.85. The third-order valence-electron chi connectivity index (χ3n) is 3.99. The number of hydrogen-bond acceptors (Lipinski definition) is 3. The van der Waals surface area contributed by atoms with Crippen molar-refractivity contribution in [3.63, 3.8) is 0 Å². The third-order valence-corrected chi connectivity index (χ3v) is 3.99. The molecule has 4 N–H and O–H groups in total. The van der Waals surface area contributed by atoms with E-state index < -0.39 is 17.9 Å². The van der Waals surface area contributed by atoms with E-state index in [9.17, 15) is 9.59 Å². The Balaban J connectivity index is 2.15. The molecule has 2 aromatic rings. The van der Waals surface area contributed by atoms with Gasteiger partial charge in [0, 0.05) is 12.6 Å². The van der Waals surface area contributed by atoms with Crippen molar-refractivity contribution in [3.8, 4) is 0 Å². The monoisotopic (exact) mass is 325 g/mol. The molecule has 126 valence electrons. The molecule has 0 bridgehead atoms. The van der Waals surface area contributed by atoms with Gasteiger partial charge in [-0.1, -0.05) is 67.6 Å². The molecule has 24 heavy (non-hydrogen) atoms. The molecule has 2 unspecified atom stereocenters. The van der Waals surface area contributed by atoms with Crippen molar-refractivity contribution in [3.05, 3.63) is 71.8 Å². The molecule has 0 aliphatic heterocycles. The normalized spacial score (nSPS) is 13.1. The van der Waals surface area contributed by atoms with Crippen LogP contribution in [-0.4, -0.2) is 23.3 Å². The molecule has 5 heteroatoms. The first kappa shape index (κ1) is 17.7.